The van der Waals surface area contributed by atoms with Crippen LogP contribution in [-0.4, -0.2) is 56.1 Å². The largest absolute Gasteiger partial charge is 0.493 e. The van der Waals surface area contributed by atoms with E-state index in [9.17, 15) is 9.18 Å². The van der Waals surface area contributed by atoms with E-state index in [1.807, 2.05) is 23.1 Å². The van der Waals surface area contributed by atoms with Crippen LogP contribution in [0.2, 0.25) is 0 Å². The van der Waals surface area contributed by atoms with Crippen molar-refractivity contribution < 1.29 is 18.7 Å². The Balaban J connectivity index is 1.36. The van der Waals surface area contributed by atoms with E-state index in [1.165, 1.54) is 12.1 Å². The van der Waals surface area contributed by atoms with Gasteiger partial charge in [0.1, 0.15) is 5.82 Å². The van der Waals surface area contributed by atoms with Crippen molar-refractivity contribution >= 4 is 5.91 Å². The van der Waals surface area contributed by atoms with Gasteiger partial charge in [0.05, 0.1) is 19.6 Å². The third-order valence-electron chi connectivity index (χ3n) is 6.07. The van der Waals surface area contributed by atoms with Gasteiger partial charge in [-0.05, 0) is 48.2 Å². The van der Waals surface area contributed by atoms with Crippen molar-refractivity contribution in [3.63, 3.8) is 0 Å². The molecule has 2 fully saturated rings. The van der Waals surface area contributed by atoms with Gasteiger partial charge in [0, 0.05) is 32.7 Å². The van der Waals surface area contributed by atoms with Gasteiger partial charge in [0.2, 0.25) is 5.91 Å². The topological polar surface area (TPSA) is 42.0 Å². The van der Waals surface area contributed by atoms with Gasteiger partial charge in [-0.3, -0.25) is 9.69 Å². The standard InChI is InChI=1S/C23H27FN2O3/c1-28-20-8-3-17(15-21(20)29-2)16-25-11-13-26(14-12-25)22(27)23(9-10-23)18-4-6-19(24)7-5-18/h3-8,15H,9-14,16H2,1-2H3. The van der Waals surface area contributed by atoms with E-state index in [0.717, 1.165) is 68.2 Å². The summed E-state index contributed by atoms with van der Waals surface area (Å²) in [6.45, 7) is 3.91. The zero-order valence-electron chi connectivity index (χ0n) is 17.0. The molecule has 1 saturated carbocycles. The lowest BCUT2D eigenvalue weighted by molar-refractivity contribution is -0.135. The predicted octanol–water partition coefficient (Wildman–Crippen LogP) is 3.22. The van der Waals surface area contributed by atoms with Crippen molar-refractivity contribution in [2.75, 3.05) is 40.4 Å². The van der Waals surface area contributed by atoms with Gasteiger partial charge in [-0.2, -0.15) is 0 Å². The summed E-state index contributed by atoms with van der Waals surface area (Å²) in [5.74, 6) is 1.38. The zero-order chi connectivity index (χ0) is 20.4. The lowest BCUT2D eigenvalue weighted by Gasteiger charge is -2.36. The number of carbonyl (C=O) groups is 1. The summed E-state index contributed by atoms with van der Waals surface area (Å²) in [5, 5.41) is 0. The van der Waals surface area contributed by atoms with Crippen molar-refractivity contribution in [1.82, 2.24) is 9.80 Å². The highest BCUT2D eigenvalue weighted by molar-refractivity contribution is 5.91. The van der Waals surface area contributed by atoms with Crippen LogP contribution in [0, 0.1) is 5.82 Å². The number of piperazine rings is 1. The van der Waals surface area contributed by atoms with E-state index in [4.69, 9.17) is 9.47 Å². The van der Waals surface area contributed by atoms with E-state index in [2.05, 4.69) is 4.90 Å². The SMILES string of the molecule is COc1ccc(CN2CCN(C(=O)C3(c4ccc(F)cc4)CC3)CC2)cc1OC. The molecule has 1 aliphatic carbocycles. The molecule has 1 amide bonds. The first-order chi connectivity index (χ1) is 14.1. The number of hydrogen-bond acceptors (Lipinski definition) is 4. The normalized spacial score (nSPS) is 18.4. The summed E-state index contributed by atoms with van der Waals surface area (Å²) < 4.78 is 23.9. The summed E-state index contributed by atoms with van der Waals surface area (Å²) in [4.78, 5) is 17.5. The van der Waals surface area contributed by atoms with Crippen molar-refractivity contribution in [3.8, 4) is 11.5 Å². The lowest BCUT2D eigenvalue weighted by atomic mass is 9.94. The predicted molar refractivity (Wildman–Crippen MR) is 109 cm³/mol. The number of amides is 1. The summed E-state index contributed by atoms with van der Waals surface area (Å²) >= 11 is 0. The molecule has 1 aliphatic heterocycles. The molecule has 1 heterocycles. The smallest absolute Gasteiger partial charge is 0.233 e. The summed E-state index contributed by atoms with van der Waals surface area (Å²) in [6.07, 6.45) is 1.70. The Labute approximate surface area is 171 Å². The Kier molecular flexibility index (Phi) is 5.46. The van der Waals surface area contributed by atoms with Crippen molar-refractivity contribution in [2.24, 2.45) is 0 Å². The van der Waals surface area contributed by atoms with E-state index in [-0.39, 0.29) is 11.7 Å². The third kappa shape index (κ3) is 3.94. The van der Waals surface area contributed by atoms with E-state index in [0.29, 0.717) is 0 Å². The van der Waals surface area contributed by atoms with Crippen LogP contribution in [0.4, 0.5) is 4.39 Å². The first-order valence-electron chi connectivity index (χ1n) is 10.0. The van der Waals surface area contributed by atoms with Gasteiger partial charge >= 0.3 is 0 Å². The van der Waals surface area contributed by atoms with Crippen molar-refractivity contribution in [1.29, 1.82) is 0 Å². The summed E-state index contributed by atoms with van der Waals surface area (Å²) in [7, 11) is 3.27. The number of halogens is 1. The fraction of sp³-hybridized carbons (Fsp3) is 0.435. The molecule has 1 saturated heterocycles. The second kappa shape index (κ2) is 8.03. The molecule has 0 unspecified atom stereocenters. The van der Waals surface area contributed by atoms with Gasteiger partial charge < -0.3 is 14.4 Å². The molecule has 0 aromatic heterocycles. The maximum absolute atomic E-state index is 13.2. The molecule has 0 spiro atoms. The Morgan fingerprint density at radius 2 is 1.62 bits per heavy atom. The van der Waals surface area contributed by atoms with Crippen molar-refractivity contribution in [2.45, 2.75) is 24.8 Å². The third-order valence-corrected chi connectivity index (χ3v) is 6.07. The Bertz CT molecular complexity index is 872. The minimum atomic E-state index is -0.431. The molecule has 154 valence electrons. The number of carbonyl (C=O) groups excluding carboxylic acids is 1. The maximum Gasteiger partial charge on any atom is 0.233 e. The van der Waals surface area contributed by atoms with Crippen LogP contribution in [0.3, 0.4) is 0 Å². The maximum atomic E-state index is 13.2. The minimum absolute atomic E-state index is 0.190. The molecule has 2 aromatic rings. The van der Waals surface area contributed by atoms with Crippen LogP contribution >= 0.6 is 0 Å². The molecule has 0 atom stereocenters. The van der Waals surface area contributed by atoms with Gasteiger partial charge in [0.25, 0.3) is 0 Å². The highest BCUT2D eigenvalue weighted by Crippen LogP contribution is 2.49. The van der Waals surface area contributed by atoms with Gasteiger partial charge in [0.15, 0.2) is 11.5 Å². The number of benzene rings is 2. The number of rotatable bonds is 6. The molecule has 5 nitrogen and oxygen atoms in total. The average Bonchev–Trinajstić information content (AvgIpc) is 3.56. The molecule has 2 aliphatic rings. The Morgan fingerprint density at radius 3 is 2.21 bits per heavy atom. The van der Waals surface area contributed by atoms with Crippen LogP contribution in [-0.2, 0) is 16.8 Å². The van der Waals surface area contributed by atoms with Crippen molar-refractivity contribution in [3.05, 3.63) is 59.4 Å². The van der Waals surface area contributed by atoms with Gasteiger partial charge in [-0.15, -0.1) is 0 Å². The molecule has 6 heteroatoms. The number of hydrogen-bond donors (Lipinski definition) is 0. The molecule has 29 heavy (non-hydrogen) atoms. The molecule has 0 N–H and O–H groups in total. The highest BCUT2D eigenvalue weighted by atomic mass is 19.1. The van der Waals surface area contributed by atoms with Gasteiger partial charge in [-0.25, -0.2) is 4.39 Å². The molecule has 4 rings (SSSR count). The van der Waals surface area contributed by atoms with E-state index >= 15 is 0 Å². The highest BCUT2D eigenvalue weighted by Gasteiger charge is 2.53. The molecule has 2 aromatic carbocycles. The van der Waals surface area contributed by atoms with E-state index in [1.54, 1.807) is 26.4 Å². The van der Waals surface area contributed by atoms with Crippen LogP contribution in [0.15, 0.2) is 42.5 Å². The fourth-order valence-corrected chi connectivity index (χ4v) is 4.17. The minimum Gasteiger partial charge on any atom is -0.493 e. The van der Waals surface area contributed by atoms with Gasteiger partial charge in [-0.1, -0.05) is 18.2 Å². The van der Waals surface area contributed by atoms with Crippen LogP contribution in [0.5, 0.6) is 11.5 Å². The summed E-state index contributed by atoms with van der Waals surface area (Å²) in [6, 6.07) is 12.4. The fourth-order valence-electron chi connectivity index (χ4n) is 4.17. The second-order valence-corrected chi connectivity index (χ2v) is 7.85. The summed E-state index contributed by atoms with van der Waals surface area (Å²) in [5.41, 5.74) is 1.67. The van der Waals surface area contributed by atoms with E-state index < -0.39 is 5.41 Å². The molecular weight excluding hydrogens is 371 g/mol. The van der Waals surface area contributed by atoms with Crippen LogP contribution in [0.25, 0.3) is 0 Å². The molecule has 0 radical (unpaired) electrons. The lowest BCUT2D eigenvalue weighted by Crippen LogP contribution is -2.51. The first kappa shape index (κ1) is 19.7. The first-order valence-corrected chi connectivity index (χ1v) is 10.0. The van der Waals surface area contributed by atoms with Crippen LogP contribution in [0.1, 0.15) is 24.0 Å². The monoisotopic (exact) mass is 398 g/mol. The quantitative estimate of drug-likeness (QED) is 0.749. The molecule has 0 bridgehead atoms. The zero-order valence-corrected chi connectivity index (χ0v) is 17.0. The average molecular weight is 398 g/mol. The number of methoxy groups -OCH3 is 2. The number of ether oxygens (including phenoxy) is 2. The van der Waals surface area contributed by atoms with Crippen LogP contribution < -0.4 is 9.47 Å². The Hall–Kier alpha value is -2.60. The molecular formula is C23H27FN2O3. The number of nitrogens with zero attached hydrogens (tertiary/aromatic N) is 2. The Morgan fingerprint density at radius 1 is 0.966 bits per heavy atom. The second-order valence-electron chi connectivity index (χ2n) is 7.85.